The third-order valence-electron chi connectivity index (χ3n) is 6.19. The number of likely N-dealkylation sites (tertiary alicyclic amines) is 1. The van der Waals surface area contributed by atoms with E-state index in [0.29, 0.717) is 11.7 Å². The maximum Gasteiger partial charge on any atom is 0.231 e. The van der Waals surface area contributed by atoms with Crippen LogP contribution in [0.3, 0.4) is 0 Å². The fourth-order valence-electron chi connectivity index (χ4n) is 4.50. The first-order valence-corrected chi connectivity index (χ1v) is 10.1. The van der Waals surface area contributed by atoms with Gasteiger partial charge in [-0.1, -0.05) is 0 Å². The van der Waals surface area contributed by atoms with Crippen molar-refractivity contribution in [2.45, 2.75) is 19.4 Å². The number of benzene rings is 3. The number of aliphatic hydroxyl groups is 1. The fraction of sp³-hybridized carbons (Fsp3) is 0.391. The molecule has 5 rings (SSSR count). The molecule has 2 heterocycles. The Labute approximate surface area is 169 Å². The van der Waals surface area contributed by atoms with Gasteiger partial charge in [-0.05, 0) is 89.3 Å². The summed E-state index contributed by atoms with van der Waals surface area (Å²) in [6, 6.07) is 9.92. The number of phenols is 1. The zero-order valence-corrected chi connectivity index (χ0v) is 16.5. The number of methoxy groups -OCH3 is 1. The van der Waals surface area contributed by atoms with Gasteiger partial charge in [-0.2, -0.15) is 0 Å². The number of hydrogen-bond donors (Lipinski definition) is 2. The molecule has 2 aliphatic rings. The monoisotopic (exact) mass is 395 g/mol. The summed E-state index contributed by atoms with van der Waals surface area (Å²) in [4.78, 5) is 2.42. The Hall–Kier alpha value is -2.70. The second kappa shape index (κ2) is 7.28. The van der Waals surface area contributed by atoms with Gasteiger partial charge >= 0.3 is 0 Å². The summed E-state index contributed by atoms with van der Waals surface area (Å²) in [5, 5.41) is 24.0. The second-order valence-corrected chi connectivity index (χ2v) is 7.93. The summed E-state index contributed by atoms with van der Waals surface area (Å²) >= 11 is 0. The van der Waals surface area contributed by atoms with Crippen LogP contribution >= 0.6 is 0 Å². The third-order valence-corrected chi connectivity index (χ3v) is 6.19. The van der Waals surface area contributed by atoms with Crippen molar-refractivity contribution in [2.24, 2.45) is 5.92 Å². The topological polar surface area (TPSA) is 71.4 Å². The number of fused-ring (bicyclic) bond motifs is 4. The van der Waals surface area contributed by atoms with Gasteiger partial charge in [0, 0.05) is 13.2 Å². The van der Waals surface area contributed by atoms with E-state index in [2.05, 4.69) is 11.0 Å². The maximum absolute atomic E-state index is 10.4. The Kier molecular flexibility index (Phi) is 4.60. The van der Waals surface area contributed by atoms with E-state index >= 15 is 0 Å². The highest BCUT2D eigenvalue weighted by molar-refractivity contribution is 6.11. The highest BCUT2D eigenvalue weighted by atomic mass is 16.7. The van der Waals surface area contributed by atoms with Gasteiger partial charge in [0.15, 0.2) is 23.0 Å². The summed E-state index contributed by atoms with van der Waals surface area (Å²) in [5.41, 5.74) is 1.16. The molecule has 0 radical (unpaired) electrons. The first kappa shape index (κ1) is 18.3. The lowest BCUT2D eigenvalue weighted by Gasteiger charge is -2.31. The van der Waals surface area contributed by atoms with Gasteiger partial charge in [0.05, 0.1) is 7.11 Å². The molecule has 0 aromatic heterocycles. The molecular weight excluding hydrogens is 370 g/mol. The standard InChI is InChI=1S/C23H25NO5/c1-27-21-10-19-17(8-20(21)26)16(11-24-4-2-14(12-25)3-5-24)6-15-7-22-23(9-18(15)19)29-13-28-22/h6-10,14,25-26H,2-5,11-13H2,1H3. The first-order valence-electron chi connectivity index (χ1n) is 10.1. The molecule has 0 spiro atoms. The lowest BCUT2D eigenvalue weighted by Crippen LogP contribution is -2.34. The van der Waals surface area contributed by atoms with Crippen LogP contribution in [0.2, 0.25) is 0 Å². The minimum absolute atomic E-state index is 0.139. The van der Waals surface area contributed by atoms with Crippen LogP contribution in [-0.4, -0.2) is 48.7 Å². The van der Waals surface area contributed by atoms with Crippen LogP contribution < -0.4 is 14.2 Å². The molecule has 0 amide bonds. The molecule has 3 aromatic carbocycles. The van der Waals surface area contributed by atoms with Gasteiger partial charge in [0.25, 0.3) is 0 Å². The molecule has 6 nitrogen and oxygen atoms in total. The van der Waals surface area contributed by atoms with Crippen LogP contribution in [-0.2, 0) is 6.54 Å². The molecule has 0 atom stereocenters. The van der Waals surface area contributed by atoms with Crippen LogP contribution in [0.4, 0.5) is 0 Å². The minimum Gasteiger partial charge on any atom is -0.504 e. The molecule has 6 heteroatoms. The van der Waals surface area contributed by atoms with E-state index in [1.807, 2.05) is 18.2 Å². The quantitative estimate of drug-likeness (QED) is 0.658. The Morgan fingerprint density at radius 3 is 2.48 bits per heavy atom. The van der Waals surface area contributed by atoms with Gasteiger partial charge in [0.1, 0.15) is 0 Å². The molecule has 2 aliphatic heterocycles. The Morgan fingerprint density at radius 2 is 1.76 bits per heavy atom. The van der Waals surface area contributed by atoms with Crippen LogP contribution in [0.5, 0.6) is 23.0 Å². The van der Waals surface area contributed by atoms with Crippen molar-refractivity contribution >= 4 is 21.5 Å². The Bertz CT molecular complexity index is 1070. The van der Waals surface area contributed by atoms with Gasteiger partial charge in [0.2, 0.25) is 6.79 Å². The molecule has 1 saturated heterocycles. The average molecular weight is 395 g/mol. The van der Waals surface area contributed by atoms with Crippen LogP contribution in [0.1, 0.15) is 18.4 Å². The van der Waals surface area contributed by atoms with E-state index in [0.717, 1.165) is 71.1 Å². The summed E-state index contributed by atoms with van der Waals surface area (Å²) < 4.78 is 16.5. The molecule has 152 valence electrons. The number of piperidine rings is 1. The molecule has 29 heavy (non-hydrogen) atoms. The molecule has 0 bridgehead atoms. The van der Waals surface area contributed by atoms with Crippen LogP contribution in [0.15, 0.2) is 30.3 Å². The number of rotatable bonds is 4. The van der Waals surface area contributed by atoms with Crippen molar-refractivity contribution < 1.29 is 24.4 Å². The lowest BCUT2D eigenvalue weighted by molar-refractivity contribution is 0.127. The minimum atomic E-state index is 0.139. The molecule has 1 fully saturated rings. The van der Waals surface area contributed by atoms with E-state index in [1.165, 1.54) is 0 Å². The summed E-state index contributed by atoms with van der Waals surface area (Å²) in [6.45, 7) is 3.24. The molecule has 3 aromatic rings. The number of nitrogens with zero attached hydrogens (tertiary/aromatic N) is 1. The number of phenolic OH excluding ortho intramolecular Hbond substituents is 1. The Balaban J connectivity index is 1.63. The van der Waals surface area contributed by atoms with Crippen molar-refractivity contribution in [3.63, 3.8) is 0 Å². The average Bonchev–Trinajstić information content (AvgIpc) is 3.20. The van der Waals surface area contributed by atoms with Gasteiger partial charge in [-0.15, -0.1) is 0 Å². The van der Waals surface area contributed by atoms with Crippen LogP contribution in [0.25, 0.3) is 21.5 Å². The van der Waals surface area contributed by atoms with E-state index in [1.54, 1.807) is 13.2 Å². The van der Waals surface area contributed by atoms with Crippen molar-refractivity contribution in [1.82, 2.24) is 4.90 Å². The largest absolute Gasteiger partial charge is 0.504 e. The zero-order chi connectivity index (χ0) is 20.0. The number of hydrogen-bond acceptors (Lipinski definition) is 6. The first-order chi connectivity index (χ1) is 14.2. The van der Waals surface area contributed by atoms with Crippen molar-refractivity contribution in [2.75, 3.05) is 33.6 Å². The fourth-order valence-corrected chi connectivity index (χ4v) is 4.50. The van der Waals surface area contributed by atoms with Crippen molar-refractivity contribution in [1.29, 1.82) is 0 Å². The SMILES string of the molecule is COc1cc2c(cc1O)c(CN1CCC(CO)CC1)cc1cc3c(cc12)OCO3. The second-order valence-electron chi connectivity index (χ2n) is 7.93. The Morgan fingerprint density at radius 1 is 1.00 bits per heavy atom. The van der Waals surface area contributed by atoms with Crippen molar-refractivity contribution in [3.8, 4) is 23.0 Å². The third kappa shape index (κ3) is 3.22. The number of aromatic hydroxyl groups is 1. The highest BCUT2D eigenvalue weighted by Crippen LogP contribution is 2.42. The molecule has 0 aliphatic carbocycles. The summed E-state index contributed by atoms with van der Waals surface area (Å²) in [5.74, 6) is 2.51. The highest BCUT2D eigenvalue weighted by Gasteiger charge is 2.21. The summed E-state index contributed by atoms with van der Waals surface area (Å²) in [7, 11) is 1.56. The molecule has 0 unspecified atom stereocenters. The van der Waals surface area contributed by atoms with Gasteiger partial charge in [-0.3, -0.25) is 4.90 Å². The summed E-state index contributed by atoms with van der Waals surface area (Å²) in [6.07, 6.45) is 2.03. The normalized spacial score (nSPS) is 17.3. The van der Waals surface area contributed by atoms with E-state index in [9.17, 15) is 10.2 Å². The maximum atomic E-state index is 10.4. The zero-order valence-electron chi connectivity index (χ0n) is 16.5. The number of aliphatic hydroxyl groups excluding tert-OH is 1. The van der Waals surface area contributed by atoms with Gasteiger partial charge < -0.3 is 24.4 Å². The van der Waals surface area contributed by atoms with Gasteiger partial charge in [-0.25, -0.2) is 0 Å². The van der Waals surface area contributed by atoms with E-state index in [4.69, 9.17) is 14.2 Å². The van der Waals surface area contributed by atoms with Crippen LogP contribution in [0, 0.1) is 5.92 Å². The lowest BCUT2D eigenvalue weighted by atomic mass is 9.94. The predicted molar refractivity (Wildman–Crippen MR) is 111 cm³/mol. The van der Waals surface area contributed by atoms with E-state index in [-0.39, 0.29) is 19.1 Å². The molecule has 0 saturated carbocycles. The molecular formula is C23H25NO5. The number of ether oxygens (including phenoxy) is 3. The smallest absolute Gasteiger partial charge is 0.231 e. The molecule has 2 N–H and O–H groups in total. The van der Waals surface area contributed by atoms with E-state index < -0.39 is 0 Å². The predicted octanol–water partition coefficient (Wildman–Crippen LogP) is 3.64. The van der Waals surface area contributed by atoms with Crippen molar-refractivity contribution in [3.05, 3.63) is 35.9 Å².